The van der Waals surface area contributed by atoms with Crippen LogP contribution in [-0.2, 0) is 9.53 Å². The van der Waals surface area contributed by atoms with Gasteiger partial charge < -0.3 is 19.2 Å². The van der Waals surface area contributed by atoms with Crippen molar-refractivity contribution >= 4 is 34.2 Å². The number of hydrogen-bond acceptors (Lipinski definition) is 8. The molecular formula is C20H16N2O8. The fourth-order valence-electron chi connectivity index (χ4n) is 2.66. The molecule has 0 radical (unpaired) electrons. The zero-order chi connectivity index (χ0) is 21.8. The molecule has 0 atom stereocenters. The summed E-state index contributed by atoms with van der Waals surface area (Å²) < 4.78 is 15.3. The maximum Gasteiger partial charge on any atom is 0.374 e. The van der Waals surface area contributed by atoms with Crippen LogP contribution in [0, 0.1) is 17.0 Å². The van der Waals surface area contributed by atoms with Crippen LogP contribution in [0.2, 0.25) is 0 Å². The number of nitrogens with one attached hydrogen (secondary N) is 1. The highest BCUT2D eigenvalue weighted by molar-refractivity contribution is 5.96. The second-order valence-corrected chi connectivity index (χ2v) is 6.24. The number of aryl methyl sites for hydroxylation is 1. The van der Waals surface area contributed by atoms with Crippen molar-refractivity contribution in [2.24, 2.45) is 0 Å². The van der Waals surface area contributed by atoms with Crippen LogP contribution in [0.15, 0.2) is 51.7 Å². The predicted octanol–water partition coefficient (Wildman–Crippen LogP) is 2.81. The molecule has 30 heavy (non-hydrogen) atoms. The normalized spacial score (nSPS) is 10.5. The van der Waals surface area contributed by atoms with Crippen molar-refractivity contribution in [2.75, 3.05) is 19.0 Å². The standard InChI is InChI=1S/C20H16N2O8/c1-11-3-6-16-13(7-11)15(23)9-18(30-16)20(25)29-10-19(24)21-14-5-4-12(22(26)27)8-17(14)28-2/h3-9H,10H2,1-2H3,(H,21,24). The maximum atomic E-state index is 12.2. The predicted molar refractivity (Wildman–Crippen MR) is 106 cm³/mol. The average molecular weight is 412 g/mol. The Morgan fingerprint density at radius 2 is 1.93 bits per heavy atom. The van der Waals surface area contributed by atoms with E-state index in [0.717, 1.165) is 17.7 Å². The van der Waals surface area contributed by atoms with Gasteiger partial charge in [0.25, 0.3) is 11.6 Å². The third-order valence-corrected chi connectivity index (χ3v) is 4.09. The summed E-state index contributed by atoms with van der Waals surface area (Å²) in [6.07, 6.45) is 0. The number of nitro groups is 1. The number of carbonyl (C=O) groups excluding carboxylic acids is 2. The number of esters is 1. The molecule has 1 amide bonds. The van der Waals surface area contributed by atoms with E-state index >= 15 is 0 Å². The number of rotatable bonds is 6. The first-order valence-corrected chi connectivity index (χ1v) is 8.62. The minimum Gasteiger partial charge on any atom is -0.494 e. The van der Waals surface area contributed by atoms with E-state index in [4.69, 9.17) is 13.9 Å². The summed E-state index contributed by atoms with van der Waals surface area (Å²) in [5, 5.41) is 13.6. The Hall–Kier alpha value is -4.21. The SMILES string of the molecule is COc1cc([N+](=O)[O-])ccc1NC(=O)COC(=O)c1cc(=O)c2cc(C)ccc2o1. The number of methoxy groups -OCH3 is 1. The summed E-state index contributed by atoms with van der Waals surface area (Å²) in [5.41, 5.74) is 0.630. The van der Waals surface area contributed by atoms with Crippen LogP contribution in [-0.4, -0.2) is 30.5 Å². The summed E-state index contributed by atoms with van der Waals surface area (Å²) in [5.74, 6) is -1.97. The number of nitrogens with zero attached hydrogens (tertiary/aromatic N) is 1. The van der Waals surface area contributed by atoms with E-state index in [1.165, 1.54) is 19.2 Å². The number of benzene rings is 2. The van der Waals surface area contributed by atoms with Gasteiger partial charge in [0, 0.05) is 12.1 Å². The lowest BCUT2D eigenvalue weighted by atomic mass is 10.1. The lowest BCUT2D eigenvalue weighted by molar-refractivity contribution is -0.384. The first kappa shape index (κ1) is 20.5. The van der Waals surface area contributed by atoms with Gasteiger partial charge in [-0.2, -0.15) is 0 Å². The molecule has 0 aliphatic heterocycles. The van der Waals surface area contributed by atoms with Gasteiger partial charge in [-0.05, 0) is 25.1 Å². The molecule has 1 heterocycles. The summed E-state index contributed by atoms with van der Waals surface area (Å²) >= 11 is 0. The van der Waals surface area contributed by atoms with Gasteiger partial charge in [0.2, 0.25) is 5.76 Å². The largest absolute Gasteiger partial charge is 0.494 e. The van der Waals surface area contributed by atoms with E-state index in [1.54, 1.807) is 18.2 Å². The molecule has 0 spiro atoms. The number of hydrogen-bond donors (Lipinski definition) is 1. The lowest BCUT2D eigenvalue weighted by Crippen LogP contribution is -2.21. The number of carbonyl (C=O) groups is 2. The van der Waals surface area contributed by atoms with Crippen molar-refractivity contribution in [3.63, 3.8) is 0 Å². The summed E-state index contributed by atoms with van der Waals surface area (Å²) in [7, 11) is 1.29. The molecule has 2 aromatic carbocycles. The fraction of sp³-hybridized carbons (Fsp3) is 0.150. The van der Waals surface area contributed by atoms with Crippen LogP contribution in [0.1, 0.15) is 16.1 Å². The van der Waals surface area contributed by atoms with Crippen molar-refractivity contribution < 1.29 is 28.4 Å². The molecule has 0 saturated carbocycles. The molecule has 0 unspecified atom stereocenters. The fourth-order valence-corrected chi connectivity index (χ4v) is 2.66. The second kappa shape index (κ2) is 8.43. The maximum absolute atomic E-state index is 12.2. The molecule has 0 fully saturated rings. The Bertz CT molecular complexity index is 1220. The highest BCUT2D eigenvalue weighted by Gasteiger charge is 2.17. The average Bonchev–Trinajstić information content (AvgIpc) is 2.72. The van der Waals surface area contributed by atoms with Gasteiger partial charge in [0.1, 0.15) is 11.3 Å². The number of non-ortho nitro benzene ring substituents is 1. The lowest BCUT2D eigenvalue weighted by Gasteiger charge is -2.10. The van der Waals surface area contributed by atoms with Crippen molar-refractivity contribution in [1.29, 1.82) is 0 Å². The third-order valence-electron chi connectivity index (χ3n) is 4.09. The number of fused-ring (bicyclic) bond motifs is 1. The van der Waals surface area contributed by atoms with Gasteiger partial charge in [-0.3, -0.25) is 19.7 Å². The highest BCUT2D eigenvalue weighted by atomic mass is 16.6. The molecule has 0 saturated heterocycles. The van der Waals surface area contributed by atoms with Gasteiger partial charge >= 0.3 is 5.97 Å². The van der Waals surface area contributed by atoms with Gasteiger partial charge in [-0.15, -0.1) is 0 Å². The summed E-state index contributed by atoms with van der Waals surface area (Å²) in [6, 6.07) is 9.56. The van der Waals surface area contributed by atoms with Crippen LogP contribution >= 0.6 is 0 Å². The molecular weight excluding hydrogens is 396 g/mol. The monoisotopic (exact) mass is 412 g/mol. The van der Waals surface area contributed by atoms with Gasteiger partial charge in [0.05, 0.1) is 29.2 Å². The second-order valence-electron chi connectivity index (χ2n) is 6.24. The van der Waals surface area contributed by atoms with Crippen molar-refractivity contribution in [1.82, 2.24) is 0 Å². The zero-order valence-corrected chi connectivity index (χ0v) is 16.0. The van der Waals surface area contributed by atoms with Gasteiger partial charge in [0.15, 0.2) is 12.0 Å². The molecule has 10 nitrogen and oxygen atoms in total. The molecule has 0 aliphatic carbocycles. The summed E-state index contributed by atoms with van der Waals surface area (Å²) in [4.78, 5) is 46.6. The molecule has 1 aromatic heterocycles. The number of amides is 1. The van der Waals surface area contributed by atoms with Crippen molar-refractivity contribution in [3.05, 3.63) is 74.1 Å². The third kappa shape index (κ3) is 4.43. The van der Waals surface area contributed by atoms with E-state index in [0.29, 0.717) is 5.39 Å². The number of ether oxygens (including phenoxy) is 2. The van der Waals surface area contributed by atoms with E-state index in [-0.39, 0.29) is 28.5 Å². The molecule has 0 aliphatic rings. The Morgan fingerprint density at radius 3 is 2.63 bits per heavy atom. The minimum atomic E-state index is -0.986. The van der Waals surface area contributed by atoms with E-state index < -0.39 is 28.8 Å². The Morgan fingerprint density at radius 1 is 1.17 bits per heavy atom. The number of anilines is 1. The molecule has 10 heteroatoms. The first-order valence-electron chi connectivity index (χ1n) is 8.62. The smallest absolute Gasteiger partial charge is 0.374 e. The van der Waals surface area contributed by atoms with E-state index in [1.807, 2.05) is 6.92 Å². The molecule has 1 N–H and O–H groups in total. The van der Waals surface area contributed by atoms with Crippen molar-refractivity contribution in [3.8, 4) is 5.75 Å². The van der Waals surface area contributed by atoms with Gasteiger partial charge in [-0.25, -0.2) is 4.79 Å². The Balaban J connectivity index is 1.68. The molecule has 154 valence electrons. The Labute approximate surface area is 169 Å². The molecule has 0 bridgehead atoms. The number of nitro benzene ring substituents is 1. The van der Waals surface area contributed by atoms with Gasteiger partial charge in [-0.1, -0.05) is 11.6 Å². The topological polar surface area (TPSA) is 138 Å². The Kier molecular flexibility index (Phi) is 5.77. The zero-order valence-electron chi connectivity index (χ0n) is 16.0. The van der Waals surface area contributed by atoms with Crippen LogP contribution in [0.3, 0.4) is 0 Å². The quantitative estimate of drug-likeness (QED) is 0.370. The molecule has 3 rings (SSSR count). The van der Waals surface area contributed by atoms with Crippen LogP contribution in [0.25, 0.3) is 11.0 Å². The van der Waals surface area contributed by atoms with E-state index in [9.17, 15) is 24.5 Å². The highest BCUT2D eigenvalue weighted by Crippen LogP contribution is 2.28. The van der Waals surface area contributed by atoms with Crippen molar-refractivity contribution in [2.45, 2.75) is 6.92 Å². The van der Waals surface area contributed by atoms with Crippen LogP contribution in [0.5, 0.6) is 5.75 Å². The minimum absolute atomic E-state index is 0.0692. The van der Waals surface area contributed by atoms with Crippen LogP contribution in [0.4, 0.5) is 11.4 Å². The van der Waals surface area contributed by atoms with E-state index in [2.05, 4.69) is 5.32 Å². The summed E-state index contributed by atoms with van der Waals surface area (Å²) in [6.45, 7) is 1.15. The van der Waals surface area contributed by atoms with Crippen LogP contribution < -0.4 is 15.5 Å². The first-order chi connectivity index (χ1) is 14.3. The molecule has 3 aromatic rings.